The molecule has 0 spiro atoms. The molecule has 0 fully saturated rings. The minimum atomic E-state index is -0.505. The summed E-state index contributed by atoms with van der Waals surface area (Å²) >= 11 is 0. The van der Waals surface area contributed by atoms with Gasteiger partial charge in [0.25, 0.3) is 0 Å². The van der Waals surface area contributed by atoms with E-state index in [4.69, 9.17) is 9.47 Å². The van der Waals surface area contributed by atoms with Crippen molar-refractivity contribution in [2.45, 2.75) is 38.1 Å². The fraction of sp³-hybridized carbons (Fsp3) is 0.273. The molecule has 4 heterocycles. The third-order valence-electron chi connectivity index (χ3n) is 7.55. The van der Waals surface area contributed by atoms with Gasteiger partial charge in [-0.1, -0.05) is 24.3 Å². The summed E-state index contributed by atoms with van der Waals surface area (Å²) < 4.78 is 26.7. The normalized spacial score (nSPS) is 16.7. The zero-order valence-corrected chi connectivity index (χ0v) is 23.1. The predicted octanol–water partition coefficient (Wildman–Crippen LogP) is 4.96. The molecule has 8 nitrogen and oxygen atoms in total. The van der Waals surface area contributed by atoms with Crippen molar-refractivity contribution < 1.29 is 23.5 Å². The van der Waals surface area contributed by atoms with Crippen LogP contribution in [0.15, 0.2) is 79.3 Å². The fourth-order valence-corrected chi connectivity index (χ4v) is 5.51. The van der Waals surface area contributed by atoms with Gasteiger partial charge in [0.05, 0.1) is 24.8 Å². The largest absolute Gasteiger partial charge is 0.494 e. The number of carbonyl (C=O) groups is 2. The third kappa shape index (κ3) is 6.25. The maximum absolute atomic E-state index is 14.7. The first-order valence-electron chi connectivity index (χ1n) is 14.2. The van der Waals surface area contributed by atoms with Crippen molar-refractivity contribution in [3.8, 4) is 17.2 Å². The Hall–Kier alpha value is -4.79. The number of amides is 2. The van der Waals surface area contributed by atoms with Crippen molar-refractivity contribution in [3.63, 3.8) is 0 Å². The van der Waals surface area contributed by atoms with Gasteiger partial charge in [0.1, 0.15) is 11.5 Å². The molecule has 2 amide bonds. The van der Waals surface area contributed by atoms with Crippen LogP contribution < -0.4 is 14.8 Å². The first kappa shape index (κ1) is 27.4. The van der Waals surface area contributed by atoms with Crippen molar-refractivity contribution in [1.29, 1.82) is 0 Å². The monoisotopic (exact) mass is 566 g/mol. The number of carbonyl (C=O) groups excluding carboxylic acids is 2. The molecule has 0 saturated carbocycles. The van der Waals surface area contributed by atoms with E-state index in [1.54, 1.807) is 36.8 Å². The van der Waals surface area contributed by atoms with Crippen molar-refractivity contribution in [3.05, 3.63) is 113 Å². The Morgan fingerprint density at radius 1 is 1.07 bits per heavy atom. The number of rotatable bonds is 3. The van der Waals surface area contributed by atoms with Gasteiger partial charge < -0.3 is 19.7 Å². The van der Waals surface area contributed by atoms with Gasteiger partial charge in [-0.25, -0.2) is 4.39 Å². The van der Waals surface area contributed by atoms with Gasteiger partial charge in [0, 0.05) is 38.1 Å². The number of aromatic nitrogens is 2. The fourth-order valence-electron chi connectivity index (χ4n) is 5.51. The molecule has 8 bridgehead atoms. The number of halogens is 1. The van der Waals surface area contributed by atoms with Gasteiger partial charge in [-0.15, -0.1) is 0 Å². The van der Waals surface area contributed by atoms with E-state index in [1.165, 1.54) is 6.07 Å². The van der Waals surface area contributed by atoms with Crippen LogP contribution in [0.5, 0.6) is 17.2 Å². The molecule has 1 atom stereocenters. The highest BCUT2D eigenvalue weighted by Crippen LogP contribution is 2.39. The standard InChI is InChI=1S/C33H31FN4O4/c34-29-9-5-22-17-30(29)42-27-7-8-28-23(19-27)11-15-38(32(40)10-6-25-21-35-13-14-36-25)33(28)24-3-1-4-26(20-24)41-16-2-12-37-31(39)18-22/h1,3-5,7-9,13-14,17,19-21,33H,2,6,10-12,15-16,18H2,(H,37,39). The van der Waals surface area contributed by atoms with E-state index in [0.29, 0.717) is 62.4 Å². The number of hydrogen-bond acceptors (Lipinski definition) is 6. The summed E-state index contributed by atoms with van der Waals surface area (Å²) in [6.45, 7) is 1.39. The van der Waals surface area contributed by atoms with Crippen LogP contribution in [0.4, 0.5) is 4.39 Å². The molecule has 1 unspecified atom stereocenters. The summed E-state index contributed by atoms with van der Waals surface area (Å²) in [6.07, 6.45) is 7.10. The number of hydrogen-bond donors (Lipinski definition) is 1. The molecule has 1 aromatic heterocycles. The molecule has 0 saturated heterocycles. The lowest BCUT2D eigenvalue weighted by molar-refractivity contribution is -0.133. The molecule has 3 aliphatic heterocycles. The lowest BCUT2D eigenvalue weighted by atomic mass is 9.87. The number of nitrogens with zero attached hydrogens (tertiary/aromatic N) is 3. The first-order chi connectivity index (χ1) is 20.5. The molecule has 0 radical (unpaired) electrons. The second kappa shape index (κ2) is 12.4. The van der Waals surface area contributed by atoms with E-state index in [-0.39, 0.29) is 30.0 Å². The van der Waals surface area contributed by atoms with Crippen LogP contribution in [0.1, 0.15) is 46.8 Å². The van der Waals surface area contributed by atoms with Crippen molar-refractivity contribution in [2.75, 3.05) is 19.7 Å². The van der Waals surface area contributed by atoms with E-state index in [1.807, 2.05) is 41.3 Å². The van der Waals surface area contributed by atoms with E-state index >= 15 is 0 Å². The molecule has 1 N–H and O–H groups in total. The Balaban J connectivity index is 1.35. The molecule has 3 aliphatic rings. The van der Waals surface area contributed by atoms with Gasteiger partial charge in [-0.2, -0.15) is 0 Å². The number of fused-ring (bicyclic) bond motifs is 7. The van der Waals surface area contributed by atoms with Crippen LogP contribution in [-0.2, 0) is 28.9 Å². The highest BCUT2D eigenvalue weighted by molar-refractivity contribution is 5.79. The summed E-state index contributed by atoms with van der Waals surface area (Å²) in [5.74, 6) is 0.613. The Morgan fingerprint density at radius 2 is 2.00 bits per heavy atom. The number of nitrogens with one attached hydrogen (secondary N) is 1. The second-order valence-electron chi connectivity index (χ2n) is 10.5. The molecule has 4 aromatic rings. The molecule has 214 valence electrons. The van der Waals surface area contributed by atoms with Gasteiger partial charge in [-0.3, -0.25) is 19.6 Å². The lowest BCUT2D eigenvalue weighted by Crippen LogP contribution is -2.40. The van der Waals surface area contributed by atoms with Crippen LogP contribution in [0.25, 0.3) is 0 Å². The summed E-state index contributed by atoms with van der Waals surface area (Å²) in [7, 11) is 0. The van der Waals surface area contributed by atoms with Crippen LogP contribution >= 0.6 is 0 Å². The Bertz CT molecular complexity index is 1600. The summed E-state index contributed by atoms with van der Waals surface area (Å²) in [5.41, 5.74) is 4.37. The maximum Gasteiger partial charge on any atom is 0.224 e. The second-order valence-corrected chi connectivity index (χ2v) is 10.5. The van der Waals surface area contributed by atoms with Gasteiger partial charge in [0.15, 0.2) is 11.6 Å². The first-order valence-corrected chi connectivity index (χ1v) is 14.2. The SMILES string of the molecule is O=C1Cc2ccc(F)c(c2)Oc2ccc3c(c2)CCN(C(=O)CCc2cnccn2)C3c2cccc(c2)OCCCN1. The molecule has 7 rings (SSSR count). The molecular formula is C33H31FN4O4. The van der Waals surface area contributed by atoms with E-state index in [9.17, 15) is 14.0 Å². The third-order valence-corrected chi connectivity index (χ3v) is 7.55. The maximum atomic E-state index is 14.7. The topological polar surface area (TPSA) is 93.7 Å². The smallest absolute Gasteiger partial charge is 0.224 e. The minimum absolute atomic E-state index is 0.0240. The molecule has 9 heteroatoms. The zero-order valence-electron chi connectivity index (χ0n) is 23.1. The lowest BCUT2D eigenvalue weighted by Gasteiger charge is -2.38. The average molecular weight is 567 g/mol. The number of benzene rings is 3. The van der Waals surface area contributed by atoms with E-state index in [2.05, 4.69) is 15.3 Å². The van der Waals surface area contributed by atoms with Crippen LogP contribution in [0.3, 0.4) is 0 Å². The van der Waals surface area contributed by atoms with Crippen molar-refractivity contribution >= 4 is 11.8 Å². The molecular weight excluding hydrogens is 535 g/mol. The van der Waals surface area contributed by atoms with Crippen LogP contribution in [0.2, 0.25) is 0 Å². The van der Waals surface area contributed by atoms with Crippen molar-refractivity contribution in [1.82, 2.24) is 20.2 Å². The summed E-state index contributed by atoms with van der Waals surface area (Å²) in [6, 6.07) is 17.6. The number of ether oxygens (including phenoxy) is 2. The van der Waals surface area contributed by atoms with Crippen molar-refractivity contribution in [2.24, 2.45) is 0 Å². The molecule has 0 aliphatic carbocycles. The number of aryl methyl sites for hydroxylation is 1. The Morgan fingerprint density at radius 3 is 2.88 bits per heavy atom. The highest BCUT2D eigenvalue weighted by atomic mass is 19.1. The predicted molar refractivity (Wildman–Crippen MR) is 154 cm³/mol. The van der Waals surface area contributed by atoms with E-state index in [0.717, 1.165) is 22.4 Å². The molecule has 3 aromatic carbocycles. The van der Waals surface area contributed by atoms with Crippen LogP contribution in [-0.4, -0.2) is 46.4 Å². The van der Waals surface area contributed by atoms with E-state index < -0.39 is 5.82 Å². The van der Waals surface area contributed by atoms with Crippen LogP contribution in [0, 0.1) is 5.82 Å². The summed E-state index contributed by atoms with van der Waals surface area (Å²) in [5, 5.41) is 2.89. The zero-order chi connectivity index (χ0) is 28.9. The average Bonchev–Trinajstić information content (AvgIpc) is 3.01. The van der Waals surface area contributed by atoms with Gasteiger partial charge in [-0.05, 0) is 77.9 Å². The Kier molecular flexibility index (Phi) is 8.07. The minimum Gasteiger partial charge on any atom is -0.494 e. The summed E-state index contributed by atoms with van der Waals surface area (Å²) in [4.78, 5) is 36.5. The molecule has 42 heavy (non-hydrogen) atoms. The van der Waals surface area contributed by atoms with Gasteiger partial charge in [0.2, 0.25) is 11.8 Å². The van der Waals surface area contributed by atoms with Gasteiger partial charge >= 0.3 is 0 Å². The Labute approximate surface area is 243 Å². The quantitative estimate of drug-likeness (QED) is 0.377. The highest BCUT2D eigenvalue weighted by Gasteiger charge is 2.32.